The molecule has 0 fully saturated rings. The normalized spacial score (nSPS) is 11.9. The highest BCUT2D eigenvalue weighted by Gasteiger charge is 2.13. The molecular formula is C18H22N+. The summed E-state index contributed by atoms with van der Waals surface area (Å²) >= 11 is 0. The van der Waals surface area contributed by atoms with Gasteiger partial charge in [-0.25, -0.2) is 0 Å². The van der Waals surface area contributed by atoms with E-state index in [0.717, 1.165) is 17.6 Å². The van der Waals surface area contributed by atoms with Crippen molar-refractivity contribution in [2.24, 2.45) is 0 Å². The summed E-state index contributed by atoms with van der Waals surface area (Å²) in [6.45, 7) is 2.09. The molecular weight excluding hydrogens is 230 g/mol. The molecule has 0 aliphatic carbocycles. The minimum absolute atomic E-state index is 0.966. The van der Waals surface area contributed by atoms with Crippen LogP contribution in [0.2, 0.25) is 0 Å². The van der Waals surface area contributed by atoms with E-state index in [1.54, 1.807) is 0 Å². The van der Waals surface area contributed by atoms with Crippen LogP contribution in [-0.4, -0.2) is 25.1 Å². The van der Waals surface area contributed by atoms with Crippen molar-refractivity contribution in [2.75, 3.05) is 20.6 Å². The highest BCUT2D eigenvalue weighted by atomic mass is 15.3. The third kappa shape index (κ3) is 4.72. The first-order chi connectivity index (χ1) is 9.16. The Bertz CT molecular complexity index is 512. The van der Waals surface area contributed by atoms with E-state index in [-0.39, 0.29) is 0 Å². The van der Waals surface area contributed by atoms with Crippen LogP contribution in [-0.2, 0) is 6.54 Å². The van der Waals surface area contributed by atoms with Crippen LogP contribution in [0.5, 0.6) is 0 Å². The number of rotatable bonds is 5. The van der Waals surface area contributed by atoms with Crippen LogP contribution in [0.25, 0.3) is 6.08 Å². The van der Waals surface area contributed by atoms with E-state index >= 15 is 0 Å². The minimum Gasteiger partial charge on any atom is -0.321 e. The van der Waals surface area contributed by atoms with E-state index in [4.69, 9.17) is 0 Å². The Morgan fingerprint density at radius 3 is 2.05 bits per heavy atom. The first kappa shape index (κ1) is 13.6. The van der Waals surface area contributed by atoms with Crippen molar-refractivity contribution in [3.05, 3.63) is 77.9 Å². The van der Waals surface area contributed by atoms with Gasteiger partial charge in [0.1, 0.15) is 6.54 Å². The smallest absolute Gasteiger partial charge is 0.104 e. The van der Waals surface area contributed by atoms with E-state index in [2.05, 4.69) is 80.8 Å². The van der Waals surface area contributed by atoms with Gasteiger partial charge in [0, 0.05) is 5.56 Å². The Labute approximate surface area is 116 Å². The summed E-state index contributed by atoms with van der Waals surface area (Å²) in [7, 11) is 4.53. The second kappa shape index (κ2) is 6.35. The third-order valence-corrected chi connectivity index (χ3v) is 3.16. The molecule has 0 bridgehead atoms. The quantitative estimate of drug-likeness (QED) is 0.706. The van der Waals surface area contributed by atoms with Gasteiger partial charge >= 0.3 is 0 Å². The molecule has 2 aromatic carbocycles. The van der Waals surface area contributed by atoms with E-state index in [1.807, 2.05) is 6.07 Å². The Hall–Kier alpha value is -1.86. The van der Waals surface area contributed by atoms with E-state index in [9.17, 15) is 0 Å². The fourth-order valence-electron chi connectivity index (χ4n) is 2.18. The molecule has 0 unspecified atom stereocenters. The van der Waals surface area contributed by atoms with Gasteiger partial charge in [0.05, 0.1) is 20.6 Å². The van der Waals surface area contributed by atoms with Gasteiger partial charge in [-0.2, -0.15) is 0 Å². The van der Waals surface area contributed by atoms with Gasteiger partial charge in [-0.1, -0.05) is 66.7 Å². The number of quaternary nitrogens is 1. The van der Waals surface area contributed by atoms with Crippen molar-refractivity contribution < 1.29 is 4.48 Å². The average molecular weight is 252 g/mol. The number of hydrogen-bond acceptors (Lipinski definition) is 0. The maximum Gasteiger partial charge on any atom is 0.104 e. The van der Waals surface area contributed by atoms with Gasteiger partial charge in [-0.05, 0) is 11.6 Å². The molecule has 0 radical (unpaired) electrons. The average Bonchev–Trinajstić information content (AvgIpc) is 2.40. The minimum atomic E-state index is 0.966. The monoisotopic (exact) mass is 252 g/mol. The zero-order valence-corrected chi connectivity index (χ0v) is 11.8. The van der Waals surface area contributed by atoms with Gasteiger partial charge in [0.15, 0.2) is 0 Å². The molecule has 2 aromatic rings. The lowest BCUT2D eigenvalue weighted by atomic mass is 10.2. The molecule has 0 aromatic heterocycles. The van der Waals surface area contributed by atoms with Gasteiger partial charge in [-0.15, -0.1) is 0 Å². The largest absolute Gasteiger partial charge is 0.321 e. The van der Waals surface area contributed by atoms with Crippen LogP contribution in [0, 0.1) is 0 Å². The summed E-state index contributed by atoms with van der Waals surface area (Å²) in [4.78, 5) is 0. The molecule has 0 heterocycles. The number of hydrogen-bond donors (Lipinski definition) is 0. The van der Waals surface area contributed by atoms with Crippen molar-refractivity contribution in [2.45, 2.75) is 6.54 Å². The Kier molecular flexibility index (Phi) is 4.53. The van der Waals surface area contributed by atoms with Crippen LogP contribution in [0.15, 0.2) is 66.7 Å². The second-order valence-corrected chi connectivity index (χ2v) is 5.58. The SMILES string of the molecule is C[N+](C)(CC=Cc1ccccc1)Cc1ccccc1. The van der Waals surface area contributed by atoms with Crippen LogP contribution in [0.3, 0.4) is 0 Å². The standard InChI is InChI=1S/C18H22N/c1-19(2,16-18-12-7-4-8-13-18)15-9-14-17-10-5-3-6-11-17/h3-14H,15-16H2,1-2H3/q+1. The van der Waals surface area contributed by atoms with Crippen molar-refractivity contribution in [1.29, 1.82) is 0 Å². The first-order valence-electron chi connectivity index (χ1n) is 6.73. The molecule has 0 aliphatic rings. The fourth-order valence-corrected chi connectivity index (χ4v) is 2.18. The van der Waals surface area contributed by atoms with Gasteiger partial charge < -0.3 is 4.48 Å². The molecule has 19 heavy (non-hydrogen) atoms. The van der Waals surface area contributed by atoms with E-state index in [1.165, 1.54) is 11.1 Å². The highest BCUT2D eigenvalue weighted by Crippen LogP contribution is 2.10. The molecule has 0 atom stereocenters. The second-order valence-electron chi connectivity index (χ2n) is 5.58. The highest BCUT2D eigenvalue weighted by molar-refractivity contribution is 5.48. The third-order valence-electron chi connectivity index (χ3n) is 3.16. The maximum atomic E-state index is 2.27. The summed E-state index contributed by atoms with van der Waals surface area (Å²) in [6.07, 6.45) is 4.46. The summed E-state index contributed by atoms with van der Waals surface area (Å²) in [5, 5.41) is 0. The summed E-state index contributed by atoms with van der Waals surface area (Å²) < 4.78 is 0.966. The van der Waals surface area contributed by atoms with Crippen molar-refractivity contribution in [3.63, 3.8) is 0 Å². The first-order valence-corrected chi connectivity index (χ1v) is 6.73. The Morgan fingerprint density at radius 1 is 0.842 bits per heavy atom. The molecule has 0 spiro atoms. The van der Waals surface area contributed by atoms with Crippen molar-refractivity contribution in [3.8, 4) is 0 Å². The number of likely N-dealkylation sites (N-methyl/N-ethyl adjacent to an activating group) is 1. The lowest BCUT2D eigenvalue weighted by Crippen LogP contribution is -2.38. The molecule has 98 valence electrons. The Morgan fingerprint density at radius 2 is 1.42 bits per heavy atom. The molecule has 0 saturated heterocycles. The molecule has 0 N–H and O–H groups in total. The predicted octanol–water partition coefficient (Wildman–Crippen LogP) is 3.98. The van der Waals surface area contributed by atoms with Gasteiger partial charge in [-0.3, -0.25) is 0 Å². The summed E-state index contributed by atoms with van der Waals surface area (Å²) in [5.74, 6) is 0. The van der Waals surface area contributed by atoms with Gasteiger partial charge in [0.25, 0.3) is 0 Å². The number of nitrogens with zero attached hydrogens (tertiary/aromatic N) is 1. The van der Waals surface area contributed by atoms with Gasteiger partial charge in [0.2, 0.25) is 0 Å². The van der Waals surface area contributed by atoms with Crippen LogP contribution < -0.4 is 0 Å². The number of benzene rings is 2. The summed E-state index contributed by atoms with van der Waals surface area (Å²) in [6, 6.07) is 21.1. The zero-order chi connectivity index (χ0) is 13.6. The zero-order valence-electron chi connectivity index (χ0n) is 11.8. The topological polar surface area (TPSA) is 0 Å². The maximum absolute atomic E-state index is 2.27. The van der Waals surface area contributed by atoms with Crippen molar-refractivity contribution >= 4 is 6.08 Å². The Balaban J connectivity index is 1.92. The molecule has 1 nitrogen and oxygen atoms in total. The molecule has 0 aliphatic heterocycles. The van der Waals surface area contributed by atoms with Crippen LogP contribution in [0.4, 0.5) is 0 Å². The van der Waals surface area contributed by atoms with E-state index in [0.29, 0.717) is 0 Å². The van der Waals surface area contributed by atoms with E-state index < -0.39 is 0 Å². The van der Waals surface area contributed by atoms with Crippen LogP contribution in [0.1, 0.15) is 11.1 Å². The lowest BCUT2D eigenvalue weighted by molar-refractivity contribution is -0.897. The molecule has 0 amide bonds. The fraction of sp³-hybridized carbons (Fsp3) is 0.222. The molecule has 1 heteroatoms. The predicted molar refractivity (Wildman–Crippen MR) is 82.6 cm³/mol. The lowest BCUT2D eigenvalue weighted by Gasteiger charge is -2.28. The molecule has 0 saturated carbocycles. The summed E-state index contributed by atoms with van der Waals surface area (Å²) in [5.41, 5.74) is 2.66. The van der Waals surface area contributed by atoms with Crippen LogP contribution >= 0.6 is 0 Å². The molecule has 2 rings (SSSR count). The van der Waals surface area contributed by atoms with Crippen molar-refractivity contribution in [1.82, 2.24) is 0 Å².